The Labute approximate surface area is 293 Å². The van der Waals surface area contributed by atoms with Crippen molar-refractivity contribution >= 4 is 19.1 Å². The van der Waals surface area contributed by atoms with E-state index < -0.39 is 64.1 Å². The van der Waals surface area contributed by atoms with Gasteiger partial charge >= 0.3 is 295 Å². The zero-order chi connectivity index (χ0) is 38.6. The maximum absolute atomic E-state index is 13.8. The standard InChI is InChI=1S/2C18H11F6.2CH3.Hf.H2Si/c2*1-10-5-11-3-2-4-15(16(11)6-10)12-7-13(17(19,20)21)9-14(8-12)18(22,23)24;;;;/h2*2-9H,1H3;2*1H3;;1H2. The van der Waals surface area contributed by atoms with Crippen molar-refractivity contribution in [3.05, 3.63) is 128 Å². The average Bonchev–Trinajstić information content (AvgIpc) is 3.55. The number of alkyl halides is 12. The Morgan fingerprint density at radius 1 is 0.481 bits per heavy atom. The number of fused-ring (bicyclic) bond motifs is 2. The van der Waals surface area contributed by atoms with Crippen LogP contribution in [0.25, 0.3) is 34.4 Å². The van der Waals surface area contributed by atoms with Gasteiger partial charge in [-0.1, -0.05) is 0 Å². The molecule has 0 spiro atoms. The molecule has 14 heteroatoms. The van der Waals surface area contributed by atoms with Crippen molar-refractivity contribution in [3.8, 4) is 22.3 Å². The number of hydrogen-bond donors (Lipinski definition) is 0. The summed E-state index contributed by atoms with van der Waals surface area (Å²) in [5.74, 6) is 0. The van der Waals surface area contributed by atoms with E-state index >= 15 is 0 Å². The van der Waals surface area contributed by atoms with Crippen molar-refractivity contribution in [3.63, 3.8) is 0 Å². The van der Waals surface area contributed by atoms with Crippen LogP contribution in [0.4, 0.5) is 52.7 Å². The molecule has 4 aromatic carbocycles. The first kappa shape index (κ1) is 38.3. The fourth-order valence-corrected chi connectivity index (χ4v) is 39.1. The van der Waals surface area contributed by atoms with Gasteiger partial charge in [-0.15, -0.1) is 0 Å². The van der Waals surface area contributed by atoms with E-state index in [-0.39, 0.29) is 41.7 Å². The van der Waals surface area contributed by atoms with Crippen LogP contribution in [-0.2, 0) is 41.8 Å². The summed E-state index contributed by atoms with van der Waals surface area (Å²) in [6, 6.07) is 12.8. The van der Waals surface area contributed by atoms with Gasteiger partial charge in [0.2, 0.25) is 0 Å². The second kappa shape index (κ2) is 12.1. The molecular weight excluding hydrogens is 891 g/mol. The van der Waals surface area contributed by atoms with Crippen LogP contribution in [0, 0.1) is 0 Å². The Kier molecular flexibility index (Phi) is 8.89. The molecule has 0 aliphatic heterocycles. The fraction of sp³-hybridized carbons (Fsp3) is 0.263. The topological polar surface area (TPSA) is 0 Å². The van der Waals surface area contributed by atoms with Gasteiger partial charge in [-0.25, -0.2) is 0 Å². The minimum atomic E-state index is -5.03. The van der Waals surface area contributed by atoms with E-state index in [1.54, 1.807) is 24.3 Å². The van der Waals surface area contributed by atoms with Gasteiger partial charge in [-0.3, -0.25) is 0 Å². The maximum atomic E-state index is 13.8. The van der Waals surface area contributed by atoms with Crippen molar-refractivity contribution in [1.82, 2.24) is 0 Å². The molecule has 0 amide bonds. The van der Waals surface area contributed by atoms with Crippen LogP contribution in [0.3, 0.4) is 0 Å². The molecular formula is C38H30F12HfSi. The normalized spacial score (nSPS) is 18.2. The first-order valence-electron chi connectivity index (χ1n) is 16.0. The van der Waals surface area contributed by atoms with Crippen LogP contribution in [0.1, 0.15) is 65.7 Å². The van der Waals surface area contributed by atoms with Crippen molar-refractivity contribution in [1.29, 1.82) is 0 Å². The number of rotatable bonds is 4. The van der Waals surface area contributed by atoms with Gasteiger partial charge in [-0.05, 0) is 0 Å². The van der Waals surface area contributed by atoms with Crippen LogP contribution in [0.2, 0.25) is 9.36 Å². The van der Waals surface area contributed by atoms with Crippen molar-refractivity contribution in [2.24, 2.45) is 0 Å². The molecule has 2 unspecified atom stereocenters. The Morgan fingerprint density at radius 3 is 1.04 bits per heavy atom. The molecule has 0 nitrogen and oxygen atoms in total. The summed E-state index contributed by atoms with van der Waals surface area (Å²) < 4.78 is 169. The third-order valence-electron chi connectivity index (χ3n) is 10.3. The molecule has 0 heterocycles. The van der Waals surface area contributed by atoms with E-state index in [4.69, 9.17) is 0 Å². The molecule has 4 aromatic rings. The summed E-state index contributed by atoms with van der Waals surface area (Å²) >= 11 is -4.57. The van der Waals surface area contributed by atoms with Crippen LogP contribution >= 0.6 is 0 Å². The second-order valence-electron chi connectivity index (χ2n) is 14.8. The predicted octanol–water partition coefficient (Wildman–Crippen LogP) is 13.0. The molecule has 2 aliphatic rings. The third kappa shape index (κ3) is 6.66. The molecule has 0 saturated heterocycles. The van der Waals surface area contributed by atoms with Gasteiger partial charge in [0.05, 0.1) is 0 Å². The van der Waals surface area contributed by atoms with Gasteiger partial charge in [0.15, 0.2) is 0 Å². The van der Waals surface area contributed by atoms with Crippen molar-refractivity contribution in [2.45, 2.75) is 55.3 Å². The zero-order valence-electron chi connectivity index (χ0n) is 28.0. The van der Waals surface area contributed by atoms with Crippen LogP contribution in [0.15, 0.2) is 83.9 Å². The Hall–Kier alpha value is -3.39. The third-order valence-corrected chi connectivity index (χ3v) is 36.1. The monoisotopic (exact) mass is 922 g/mol. The first-order valence-corrected chi connectivity index (χ1v) is 35.6. The molecule has 0 saturated carbocycles. The van der Waals surface area contributed by atoms with E-state index in [2.05, 4.69) is 9.36 Å². The molecule has 2 atom stereocenters. The SMILES string of the molecule is CC1=Cc2c(-c3cc(C(F)(F)F)cc(C(F)(F)F)c3)cccc2[CH]1[Hf]([CH3])([CH3])(=[SiH2])[CH]1C(C)=Cc2c(-c3cc(C(F)(F)F)cc(C(F)(F)F)c3)cccc21. The summed E-state index contributed by atoms with van der Waals surface area (Å²) in [5.41, 5.74) is -1.53. The molecule has 52 heavy (non-hydrogen) atoms. The molecule has 0 aromatic heterocycles. The second-order valence-corrected chi connectivity index (χ2v) is 58.3. The average molecular weight is 921 g/mol. The van der Waals surface area contributed by atoms with E-state index in [9.17, 15) is 52.7 Å². The summed E-state index contributed by atoms with van der Waals surface area (Å²) in [6.07, 6.45) is -16.5. The van der Waals surface area contributed by atoms with E-state index in [0.717, 1.165) is 22.3 Å². The summed E-state index contributed by atoms with van der Waals surface area (Å²) in [5, 5.41) is 0. The van der Waals surface area contributed by atoms with Crippen LogP contribution in [0.5, 0.6) is 0 Å². The van der Waals surface area contributed by atoms with Crippen molar-refractivity contribution in [2.75, 3.05) is 0 Å². The van der Waals surface area contributed by atoms with Gasteiger partial charge in [0, 0.05) is 0 Å². The number of benzene rings is 4. The molecule has 0 N–H and O–H groups in total. The fourth-order valence-electron chi connectivity index (χ4n) is 8.51. The molecule has 0 bridgehead atoms. The van der Waals surface area contributed by atoms with Crippen LogP contribution < -0.4 is 0 Å². The Balaban J connectivity index is 1.50. The molecule has 274 valence electrons. The molecule has 0 fully saturated rings. The number of halogens is 12. The predicted molar refractivity (Wildman–Crippen MR) is 177 cm³/mol. The number of hydrogen-bond acceptors (Lipinski definition) is 0. The van der Waals surface area contributed by atoms with Gasteiger partial charge in [0.25, 0.3) is 0 Å². The van der Waals surface area contributed by atoms with E-state index in [1.165, 1.54) is 12.1 Å². The first-order chi connectivity index (χ1) is 23.7. The number of allylic oxidation sites excluding steroid dienone is 2. The minimum absolute atomic E-state index is 0.0863. The Morgan fingerprint density at radius 2 is 0.769 bits per heavy atom. The molecule has 2 aliphatic carbocycles. The van der Waals surface area contributed by atoms with Gasteiger partial charge < -0.3 is 0 Å². The molecule has 6 rings (SSSR count). The summed E-state index contributed by atoms with van der Waals surface area (Å²) in [7, 11) is 0. The van der Waals surface area contributed by atoms with Gasteiger partial charge in [-0.2, -0.15) is 0 Å². The summed E-state index contributed by atoms with van der Waals surface area (Å²) in [4.78, 5) is 0. The summed E-state index contributed by atoms with van der Waals surface area (Å²) in [6.45, 7) is 5.60. The van der Waals surface area contributed by atoms with Crippen LogP contribution in [-0.4, -0.2) is 6.94 Å². The van der Waals surface area contributed by atoms with Gasteiger partial charge in [0.1, 0.15) is 0 Å². The quantitative estimate of drug-likeness (QED) is 0.141. The van der Waals surface area contributed by atoms with E-state index in [1.807, 2.05) is 32.9 Å². The molecule has 0 radical (unpaired) electrons. The van der Waals surface area contributed by atoms with E-state index in [0.29, 0.717) is 35.4 Å². The van der Waals surface area contributed by atoms with Crippen molar-refractivity contribution < 1.29 is 69.8 Å². The Bertz CT molecular complexity index is 2040. The zero-order valence-corrected chi connectivity index (χ0v) is 33.0.